The average molecular weight is 310 g/mol. The minimum absolute atomic E-state index is 0.180. The standard InChI is InChI=1S/C15H13F3N2O2/c1-2-22-14(21)11-5-3-4-6-12(11)20-10-7-8-19-13(9-10)15(16,17)18/h3-9H,2H2,1H3,(H,19,20). The molecule has 0 bridgehead atoms. The molecule has 0 amide bonds. The summed E-state index contributed by atoms with van der Waals surface area (Å²) in [5.41, 5.74) is -0.222. The number of alkyl halides is 3. The van der Waals surface area contributed by atoms with Gasteiger partial charge in [0.1, 0.15) is 5.69 Å². The molecule has 1 N–H and O–H groups in total. The lowest BCUT2D eigenvalue weighted by Crippen LogP contribution is -2.10. The van der Waals surface area contributed by atoms with Gasteiger partial charge in [-0.3, -0.25) is 4.98 Å². The number of benzene rings is 1. The van der Waals surface area contributed by atoms with Crippen molar-refractivity contribution in [3.8, 4) is 0 Å². The van der Waals surface area contributed by atoms with Crippen molar-refractivity contribution in [2.45, 2.75) is 13.1 Å². The first-order valence-electron chi connectivity index (χ1n) is 6.48. The molecule has 1 heterocycles. The summed E-state index contributed by atoms with van der Waals surface area (Å²) >= 11 is 0. The Balaban J connectivity index is 2.30. The largest absolute Gasteiger partial charge is 0.462 e. The number of hydrogen-bond acceptors (Lipinski definition) is 4. The van der Waals surface area contributed by atoms with Crippen LogP contribution in [0.5, 0.6) is 0 Å². The molecule has 0 saturated heterocycles. The molecule has 0 aliphatic rings. The maximum atomic E-state index is 12.7. The molecule has 0 aliphatic carbocycles. The number of ether oxygens (including phenoxy) is 1. The third kappa shape index (κ3) is 3.75. The van der Waals surface area contributed by atoms with Crippen LogP contribution in [0.1, 0.15) is 23.0 Å². The van der Waals surface area contributed by atoms with Gasteiger partial charge in [-0.15, -0.1) is 0 Å². The fourth-order valence-corrected chi connectivity index (χ4v) is 1.80. The maximum absolute atomic E-state index is 12.7. The first-order chi connectivity index (χ1) is 10.4. The molecule has 0 aliphatic heterocycles. The molecule has 0 fully saturated rings. The van der Waals surface area contributed by atoms with E-state index in [2.05, 4.69) is 10.3 Å². The number of halogens is 3. The average Bonchev–Trinajstić information content (AvgIpc) is 2.47. The lowest BCUT2D eigenvalue weighted by molar-refractivity contribution is -0.141. The Morgan fingerprint density at radius 2 is 2.00 bits per heavy atom. The van der Waals surface area contributed by atoms with Gasteiger partial charge < -0.3 is 10.1 Å². The summed E-state index contributed by atoms with van der Waals surface area (Å²) in [4.78, 5) is 15.1. The molecule has 0 spiro atoms. The number of carbonyl (C=O) groups excluding carboxylic acids is 1. The fourth-order valence-electron chi connectivity index (χ4n) is 1.80. The molecule has 22 heavy (non-hydrogen) atoms. The number of nitrogens with one attached hydrogen (secondary N) is 1. The minimum atomic E-state index is -4.53. The smallest absolute Gasteiger partial charge is 0.433 e. The van der Waals surface area contributed by atoms with Gasteiger partial charge in [0, 0.05) is 11.9 Å². The SMILES string of the molecule is CCOC(=O)c1ccccc1Nc1ccnc(C(F)(F)F)c1. The van der Waals surface area contributed by atoms with E-state index in [-0.39, 0.29) is 17.9 Å². The van der Waals surface area contributed by atoms with Gasteiger partial charge >= 0.3 is 12.1 Å². The fraction of sp³-hybridized carbons (Fsp3) is 0.200. The van der Waals surface area contributed by atoms with Crippen molar-refractivity contribution in [2.75, 3.05) is 11.9 Å². The Labute approximate surface area is 124 Å². The Hall–Kier alpha value is -2.57. The highest BCUT2D eigenvalue weighted by atomic mass is 19.4. The summed E-state index contributed by atoms with van der Waals surface area (Å²) in [6, 6.07) is 8.69. The molecular weight excluding hydrogens is 297 g/mol. The van der Waals surface area contributed by atoms with Crippen LogP contribution in [-0.4, -0.2) is 17.6 Å². The Bertz CT molecular complexity index is 672. The van der Waals surface area contributed by atoms with E-state index in [0.717, 1.165) is 12.3 Å². The van der Waals surface area contributed by atoms with Gasteiger partial charge in [-0.1, -0.05) is 12.1 Å². The van der Waals surface area contributed by atoms with E-state index in [1.165, 1.54) is 12.1 Å². The highest BCUT2D eigenvalue weighted by molar-refractivity contribution is 5.96. The lowest BCUT2D eigenvalue weighted by atomic mass is 10.1. The molecule has 7 heteroatoms. The molecule has 0 atom stereocenters. The van der Waals surface area contributed by atoms with Crippen LogP contribution in [0.3, 0.4) is 0 Å². The quantitative estimate of drug-likeness (QED) is 0.867. The number of nitrogens with zero attached hydrogens (tertiary/aromatic N) is 1. The maximum Gasteiger partial charge on any atom is 0.433 e. The summed E-state index contributed by atoms with van der Waals surface area (Å²) in [6.45, 7) is 1.88. The number of para-hydroxylation sites is 1. The van der Waals surface area contributed by atoms with Gasteiger partial charge in [-0.25, -0.2) is 4.79 Å². The second kappa shape index (κ2) is 6.46. The highest BCUT2D eigenvalue weighted by Gasteiger charge is 2.32. The molecule has 1 aromatic heterocycles. The van der Waals surface area contributed by atoms with Crippen molar-refractivity contribution in [1.29, 1.82) is 0 Å². The first kappa shape index (κ1) is 15.8. The Morgan fingerprint density at radius 3 is 2.68 bits per heavy atom. The number of aromatic nitrogens is 1. The van der Waals surface area contributed by atoms with Gasteiger partial charge in [0.15, 0.2) is 0 Å². The van der Waals surface area contributed by atoms with Crippen molar-refractivity contribution in [3.63, 3.8) is 0 Å². The van der Waals surface area contributed by atoms with Crippen LogP contribution in [0.25, 0.3) is 0 Å². The number of hydrogen-bond donors (Lipinski definition) is 1. The molecule has 2 aromatic rings. The number of carbonyl (C=O) groups is 1. The predicted octanol–water partition coefficient (Wildman–Crippen LogP) is 4.02. The second-order valence-corrected chi connectivity index (χ2v) is 4.32. The summed E-state index contributed by atoms with van der Waals surface area (Å²) < 4.78 is 42.9. The van der Waals surface area contributed by atoms with Crippen LogP contribution in [0.2, 0.25) is 0 Å². The minimum Gasteiger partial charge on any atom is -0.462 e. The molecule has 0 radical (unpaired) electrons. The van der Waals surface area contributed by atoms with Gasteiger partial charge in [-0.05, 0) is 31.2 Å². The van der Waals surface area contributed by atoms with E-state index >= 15 is 0 Å². The number of rotatable bonds is 4. The van der Waals surface area contributed by atoms with Gasteiger partial charge in [0.05, 0.1) is 17.9 Å². The van der Waals surface area contributed by atoms with Crippen LogP contribution < -0.4 is 5.32 Å². The van der Waals surface area contributed by atoms with E-state index in [1.807, 2.05) is 0 Å². The van der Waals surface area contributed by atoms with Crippen molar-refractivity contribution < 1.29 is 22.7 Å². The molecular formula is C15H13F3N2O2. The zero-order valence-electron chi connectivity index (χ0n) is 11.6. The van der Waals surface area contributed by atoms with E-state index in [9.17, 15) is 18.0 Å². The number of esters is 1. The first-order valence-corrected chi connectivity index (χ1v) is 6.48. The summed E-state index contributed by atoms with van der Waals surface area (Å²) in [5.74, 6) is -0.546. The summed E-state index contributed by atoms with van der Waals surface area (Å²) in [5, 5.41) is 2.78. The second-order valence-electron chi connectivity index (χ2n) is 4.32. The molecule has 0 saturated carbocycles. The summed E-state index contributed by atoms with van der Waals surface area (Å²) in [6.07, 6.45) is -3.48. The third-order valence-corrected chi connectivity index (χ3v) is 2.75. The van der Waals surface area contributed by atoms with Crippen molar-refractivity contribution in [1.82, 2.24) is 4.98 Å². The topological polar surface area (TPSA) is 51.2 Å². The van der Waals surface area contributed by atoms with Crippen LogP contribution >= 0.6 is 0 Å². The van der Waals surface area contributed by atoms with E-state index < -0.39 is 17.8 Å². The van der Waals surface area contributed by atoms with Crippen LogP contribution in [0.4, 0.5) is 24.5 Å². The number of pyridine rings is 1. The number of anilines is 2. The van der Waals surface area contributed by atoms with Gasteiger partial charge in [-0.2, -0.15) is 13.2 Å². The van der Waals surface area contributed by atoms with Crippen LogP contribution in [-0.2, 0) is 10.9 Å². The molecule has 2 rings (SSSR count). The molecule has 0 unspecified atom stereocenters. The zero-order valence-corrected chi connectivity index (χ0v) is 11.6. The van der Waals surface area contributed by atoms with Crippen molar-refractivity contribution in [2.24, 2.45) is 0 Å². The van der Waals surface area contributed by atoms with E-state index in [0.29, 0.717) is 5.69 Å². The van der Waals surface area contributed by atoms with Gasteiger partial charge in [0.25, 0.3) is 0 Å². The Kier molecular flexibility index (Phi) is 4.65. The molecule has 4 nitrogen and oxygen atoms in total. The van der Waals surface area contributed by atoms with E-state index in [4.69, 9.17) is 4.74 Å². The summed E-state index contributed by atoms with van der Waals surface area (Å²) in [7, 11) is 0. The highest BCUT2D eigenvalue weighted by Crippen LogP contribution is 2.30. The Morgan fingerprint density at radius 1 is 1.27 bits per heavy atom. The normalized spacial score (nSPS) is 11.1. The zero-order chi connectivity index (χ0) is 16.2. The van der Waals surface area contributed by atoms with Crippen LogP contribution in [0, 0.1) is 0 Å². The molecule has 1 aromatic carbocycles. The van der Waals surface area contributed by atoms with Crippen molar-refractivity contribution >= 4 is 17.3 Å². The van der Waals surface area contributed by atoms with Crippen molar-refractivity contribution in [3.05, 3.63) is 53.9 Å². The van der Waals surface area contributed by atoms with Gasteiger partial charge in [0.2, 0.25) is 0 Å². The third-order valence-electron chi connectivity index (χ3n) is 2.75. The van der Waals surface area contributed by atoms with Crippen LogP contribution in [0.15, 0.2) is 42.6 Å². The molecule has 116 valence electrons. The monoisotopic (exact) mass is 310 g/mol. The van der Waals surface area contributed by atoms with E-state index in [1.54, 1.807) is 25.1 Å². The lowest BCUT2D eigenvalue weighted by Gasteiger charge is -2.12. The predicted molar refractivity (Wildman–Crippen MR) is 74.9 cm³/mol.